The molecular formula is C18H16O4. The van der Waals surface area contributed by atoms with E-state index in [1.165, 1.54) is 0 Å². The lowest BCUT2D eigenvalue weighted by atomic mass is 9.82. The van der Waals surface area contributed by atoms with Crippen molar-refractivity contribution in [3.05, 3.63) is 65.3 Å². The van der Waals surface area contributed by atoms with Gasteiger partial charge in [-0.2, -0.15) is 0 Å². The first kappa shape index (κ1) is 14.3. The summed E-state index contributed by atoms with van der Waals surface area (Å²) < 4.78 is 0. The molecule has 0 bridgehead atoms. The Labute approximate surface area is 128 Å². The molecule has 0 amide bonds. The van der Waals surface area contributed by atoms with E-state index in [0.717, 1.165) is 16.7 Å². The van der Waals surface area contributed by atoms with Gasteiger partial charge in [-0.05, 0) is 29.0 Å². The molecular weight excluding hydrogens is 280 g/mol. The lowest BCUT2D eigenvalue weighted by Gasteiger charge is -2.21. The van der Waals surface area contributed by atoms with Crippen LogP contribution in [-0.4, -0.2) is 22.2 Å². The molecule has 22 heavy (non-hydrogen) atoms. The van der Waals surface area contributed by atoms with Crippen LogP contribution in [0.1, 0.15) is 17.5 Å². The fourth-order valence-corrected chi connectivity index (χ4v) is 3.18. The van der Waals surface area contributed by atoms with Crippen molar-refractivity contribution in [3.63, 3.8) is 0 Å². The smallest absolute Gasteiger partial charge is 0.335 e. The van der Waals surface area contributed by atoms with E-state index in [9.17, 15) is 9.59 Å². The SMILES string of the molecule is O=C(O)CC1=CC2C=CC(C(=O)O)=CC2Cc2ccccc21. The summed E-state index contributed by atoms with van der Waals surface area (Å²) in [5.41, 5.74) is 3.12. The van der Waals surface area contributed by atoms with Gasteiger partial charge in [-0.15, -0.1) is 0 Å². The Morgan fingerprint density at radius 3 is 2.64 bits per heavy atom. The van der Waals surface area contributed by atoms with Crippen LogP contribution >= 0.6 is 0 Å². The van der Waals surface area contributed by atoms with Crippen molar-refractivity contribution in [1.29, 1.82) is 0 Å². The molecule has 0 saturated carbocycles. The summed E-state index contributed by atoms with van der Waals surface area (Å²) in [6.45, 7) is 0. The first-order valence-corrected chi connectivity index (χ1v) is 7.18. The molecule has 1 aromatic carbocycles. The number of benzene rings is 1. The molecule has 3 rings (SSSR count). The second-order valence-corrected chi connectivity index (χ2v) is 5.65. The third-order valence-electron chi connectivity index (χ3n) is 4.19. The van der Waals surface area contributed by atoms with E-state index < -0.39 is 11.9 Å². The van der Waals surface area contributed by atoms with Gasteiger partial charge in [0.2, 0.25) is 0 Å². The van der Waals surface area contributed by atoms with Gasteiger partial charge in [0.25, 0.3) is 0 Å². The van der Waals surface area contributed by atoms with Gasteiger partial charge in [0.15, 0.2) is 0 Å². The van der Waals surface area contributed by atoms with Crippen molar-refractivity contribution < 1.29 is 19.8 Å². The summed E-state index contributed by atoms with van der Waals surface area (Å²) in [6.07, 6.45) is 7.90. The van der Waals surface area contributed by atoms with Gasteiger partial charge < -0.3 is 10.2 Å². The Kier molecular flexibility index (Phi) is 3.67. The van der Waals surface area contributed by atoms with Crippen LogP contribution in [0.2, 0.25) is 0 Å². The molecule has 2 atom stereocenters. The van der Waals surface area contributed by atoms with Crippen molar-refractivity contribution >= 4 is 17.5 Å². The van der Waals surface area contributed by atoms with Crippen molar-refractivity contribution in [1.82, 2.24) is 0 Å². The van der Waals surface area contributed by atoms with E-state index in [1.807, 2.05) is 36.4 Å². The van der Waals surface area contributed by atoms with Crippen LogP contribution in [0, 0.1) is 11.8 Å². The topological polar surface area (TPSA) is 74.6 Å². The maximum atomic E-state index is 11.2. The molecule has 1 aromatic rings. The molecule has 0 aromatic heterocycles. The molecule has 112 valence electrons. The maximum absolute atomic E-state index is 11.2. The van der Waals surface area contributed by atoms with Gasteiger partial charge in [0.1, 0.15) is 0 Å². The van der Waals surface area contributed by atoms with Gasteiger partial charge in [0.05, 0.1) is 12.0 Å². The molecule has 0 saturated heterocycles. The number of aliphatic carboxylic acids is 2. The van der Waals surface area contributed by atoms with Gasteiger partial charge in [-0.3, -0.25) is 4.79 Å². The molecule has 0 spiro atoms. The number of carboxylic acids is 2. The van der Waals surface area contributed by atoms with Crippen LogP contribution in [0.15, 0.2) is 54.1 Å². The summed E-state index contributed by atoms with van der Waals surface area (Å²) >= 11 is 0. The van der Waals surface area contributed by atoms with Crippen molar-refractivity contribution in [2.24, 2.45) is 11.8 Å². The van der Waals surface area contributed by atoms with E-state index in [1.54, 1.807) is 12.2 Å². The van der Waals surface area contributed by atoms with Crippen LogP contribution in [0.3, 0.4) is 0 Å². The van der Waals surface area contributed by atoms with E-state index in [4.69, 9.17) is 10.2 Å². The van der Waals surface area contributed by atoms with Gasteiger partial charge in [-0.25, -0.2) is 4.79 Å². The van der Waals surface area contributed by atoms with E-state index in [-0.39, 0.29) is 18.3 Å². The lowest BCUT2D eigenvalue weighted by Crippen LogP contribution is -2.16. The summed E-state index contributed by atoms with van der Waals surface area (Å²) in [6, 6.07) is 7.75. The third kappa shape index (κ3) is 2.72. The minimum Gasteiger partial charge on any atom is -0.481 e. The highest BCUT2D eigenvalue weighted by molar-refractivity contribution is 5.90. The first-order valence-electron chi connectivity index (χ1n) is 7.18. The monoisotopic (exact) mass is 296 g/mol. The molecule has 2 aliphatic carbocycles. The van der Waals surface area contributed by atoms with Crippen molar-refractivity contribution in [2.45, 2.75) is 12.8 Å². The quantitative estimate of drug-likeness (QED) is 0.899. The summed E-state index contributed by atoms with van der Waals surface area (Å²) in [5.74, 6) is -1.71. The minimum atomic E-state index is -0.929. The Morgan fingerprint density at radius 2 is 1.91 bits per heavy atom. The normalized spacial score (nSPS) is 22.7. The number of hydrogen-bond donors (Lipinski definition) is 2. The Bertz CT molecular complexity index is 724. The highest BCUT2D eigenvalue weighted by Crippen LogP contribution is 2.36. The second-order valence-electron chi connectivity index (χ2n) is 5.65. The molecule has 4 nitrogen and oxygen atoms in total. The lowest BCUT2D eigenvalue weighted by molar-refractivity contribution is -0.136. The Balaban J connectivity index is 2.05. The zero-order chi connectivity index (χ0) is 15.7. The predicted octanol–water partition coefficient (Wildman–Crippen LogP) is 2.91. The zero-order valence-corrected chi connectivity index (χ0v) is 11.9. The van der Waals surface area contributed by atoms with Crippen LogP contribution < -0.4 is 0 Å². The molecule has 2 N–H and O–H groups in total. The molecule has 4 heteroatoms. The summed E-state index contributed by atoms with van der Waals surface area (Å²) in [4.78, 5) is 22.3. The third-order valence-corrected chi connectivity index (χ3v) is 4.19. The summed E-state index contributed by atoms with van der Waals surface area (Å²) in [5, 5.41) is 18.3. The highest BCUT2D eigenvalue weighted by atomic mass is 16.4. The maximum Gasteiger partial charge on any atom is 0.335 e. The second kappa shape index (κ2) is 5.64. The van der Waals surface area contributed by atoms with Crippen LogP contribution in [0.5, 0.6) is 0 Å². The predicted molar refractivity (Wildman–Crippen MR) is 82.2 cm³/mol. The summed E-state index contributed by atoms with van der Waals surface area (Å²) in [7, 11) is 0. The first-order chi connectivity index (χ1) is 10.5. The molecule has 0 aliphatic heterocycles. The largest absolute Gasteiger partial charge is 0.481 e. The van der Waals surface area contributed by atoms with Gasteiger partial charge in [0, 0.05) is 5.92 Å². The average molecular weight is 296 g/mol. The van der Waals surface area contributed by atoms with Crippen molar-refractivity contribution in [3.8, 4) is 0 Å². The fourth-order valence-electron chi connectivity index (χ4n) is 3.18. The van der Waals surface area contributed by atoms with Gasteiger partial charge >= 0.3 is 11.9 Å². The molecule has 0 fully saturated rings. The number of allylic oxidation sites excluding steroid dienone is 3. The van der Waals surface area contributed by atoms with E-state index in [2.05, 4.69) is 0 Å². The fraction of sp³-hybridized carbons (Fsp3) is 0.222. The standard InChI is InChI=1S/C18H16O4/c19-17(20)10-15-7-11-5-6-13(18(21)22)9-14(11)8-12-3-1-2-4-16(12)15/h1-7,9,11,14H,8,10H2,(H,19,20)(H,21,22). The van der Waals surface area contributed by atoms with Gasteiger partial charge in [-0.1, -0.05) is 48.6 Å². The zero-order valence-electron chi connectivity index (χ0n) is 11.9. The van der Waals surface area contributed by atoms with Crippen LogP contribution in [0.25, 0.3) is 5.57 Å². The Morgan fingerprint density at radius 1 is 1.14 bits per heavy atom. The molecule has 0 radical (unpaired) electrons. The average Bonchev–Trinajstić information content (AvgIpc) is 2.62. The minimum absolute atomic E-state index is 0.0242. The molecule has 0 heterocycles. The number of carboxylic acid groups (broad SMARTS) is 2. The number of hydrogen-bond acceptors (Lipinski definition) is 2. The van der Waals surface area contributed by atoms with Crippen LogP contribution in [-0.2, 0) is 16.0 Å². The number of rotatable bonds is 3. The van der Waals surface area contributed by atoms with Crippen LogP contribution in [0.4, 0.5) is 0 Å². The Hall–Kier alpha value is -2.62. The molecule has 2 unspecified atom stereocenters. The van der Waals surface area contributed by atoms with Crippen molar-refractivity contribution in [2.75, 3.05) is 0 Å². The van der Waals surface area contributed by atoms with E-state index in [0.29, 0.717) is 12.0 Å². The number of carbonyl (C=O) groups is 2. The number of fused-ring (bicyclic) bond motifs is 2. The van der Waals surface area contributed by atoms with E-state index >= 15 is 0 Å². The highest BCUT2D eigenvalue weighted by Gasteiger charge is 2.27. The molecule has 2 aliphatic rings.